The Kier molecular flexibility index (Phi) is 3.57. The van der Waals surface area contributed by atoms with Crippen LogP contribution in [0.5, 0.6) is 11.5 Å². The normalized spacial score (nSPS) is 21.4. The quantitative estimate of drug-likeness (QED) is 0.763. The molecule has 1 atom stereocenters. The smallest absolute Gasteiger partial charge is 0.242 e. The molecule has 3 aliphatic rings. The maximum atomic E-state index is 12.4. The van der Waals surface area contributed by atoms with E-state index < -0.39 is 0 Å². The lowest BCUT2D eigenvalue weighted by Gasteiger charge is -2.22. The summed E-state index contributed by atoms with van der Waals surface area (Å²) in [6.07, 6.45) is 3.46. The highest BCUT2D eigenvalue weighted by Crippen LogP contribution is 2.43. The molecule has 1 amide bonds. The van der Waals surface area contributed by atoms with Crippen molar-refractivity contribution in [1.82, 2.24) is 9.99 Å². The molecule has 2 aliphatic heterocycles. The molecule has 7 heteroatoms. The van der Waals surface area contributed by atoms with Gasteiger partial charge >= 0.3 is 0 Å². The Morgan fingerprint density at radius 2 is 2.04 bits per heavy atom. The number of benzene rings is 1. The lowest BCUT2D eigenvalue weighted by molar-refractivity contribution is -0.132. The van der Waals surface area contributed by atoms with Crippen molar-refractivity contribution < 1.29 is 14.3 Å². The number of ether oxygens (including phenoxy) is 2. The highest BCUT2D eigenvalue weighted by Gasteiger charge is 2.39. The Balaban J connectivity index is 1.57. The van der Waals surface area contributed by atoms with Gasteiger partial charge in [-0.25, -0.2) is 9.99 Å². The molecule has 5 rings (SSSR count). The summed E-state index contributed by atoms with van der Waals surface area (Å²) in [6, 6.07) is 5.56. The molecule has 1 aromatic heterocycles. The van der Waals surface area contributed by atoms with Crippen molar-refractivity contribution in [2.24, 2.45) is 11.0 Å². The predicted molar refractivity (Wildman–Crippen MR) is 97.5 cm³/mol. The number of carbonyl (C=O) groups excluding carboxylic acids is 1. The number of rotatable bonds is 3. The summed E-state index contributed by atoms with van der Waals surface area (Å²) in [6.45, 7) is 2.07. The standard InChI is InChI=1S/C19H18ClN3O3/c1-2-18(24)23-15(7-14(22-23)10-3-4-10)12-5-11-6-16-17(26-9-25-16)8-13(11)21-19(12)20/h5-6,8,10,15H,2-4,7,9H2,1H3. The second-order valence-electron chi connectivity index (χ2n) is 6.94. The van der Waals surface area contributed by atoms with E-state index in [1.165, 1.54) is 0 Å². The molecule has 1 unspecified atom stereocenters. The molecule has 1 fully saturated rings. The number of nitrogens with zero attached hydrogens (tertiary/aromatic N) is 3. The van der Waals surface area contributed by atoms with Gasteiger partial charge in [0.15, 0.2) is 11.5 Å². The fourth-order valence-electron chi connectivity index (χ4n) is 3.62. The van der Waals surface area contributed by atoms with E-state index >= 15 is 0 Å². The van der Waals surface area contributed by atoms with Gasteiger partial charge in [-0.2, -0.15) is 5.10 Å². The largest absolute Gasteiger partial charge is 0.454 e. The number of halogens is 1. The molecule has 2 aromatic rings. The Hall–Kier alpha value is -2.34. The van der Waals surface area contributed by atoms with Crippen LogP contribution in [0.1, 0.15) is 44.2 Å². The zero-order valence-corrected chi connectivity index (χ0v) is 15.1. The first-order valence-corrected chi connectivity index (χ1v) is 9.31. The van der Waals surface area contributed by atoms with Crippen LogP contribution in [0.4, 0.5) is 0 Å². The van der Waals surface area contributed by atoms with E-state index in [2.05, 4.69) is 10.1 Å². The van der Waals surface area contributed by atoms with Gasteiger partial charge in [0.05, 0.1) is 11.6 Å². The molecule has 26 heavy (non-hydrogen) atoms. The van der Waals surface area contributed by atoms with Crippen LogP contribution in [0.3, 0.4) is 0 Å². The molecular formula is C19H18ClN3O3. The number of amides is 1. The number of fused-ring (bicyclic) bond motifs is 2. The van der Waals surface area contributed by atoms with Crippen molar-refractivity contribution >= 4 is 34.1 Å². The molecule has 3 heterocycles. The average Bonchev–Trinajstić information content (AvgIpc) is 3.23. The second kappa shape index (κ2) is 5.84. The molecule has 0 bridgehead atoms. The van der Waals surface area contributed by atoms with Crippen LogP contribution < -0.4 is 9.47 Å². The molecule has 1 aliphatic carbocycles. The van der Waals surface area contributed by atoms with Crippen molar-refractivity contribution in [3.8, 4) is 11.5 Å². The summed E-state index contributed by atoms with van der Waals surface area (Å²) >= 11 is 6.52. The third kappa shape index (κ3) is 2.51. The van der Waals surface area contributed by atoms with Crippen molar-refractivity contribution in [2.75, 3.05) is 6.79 Å². The first kappa shape index (κ1) is 15.9. The van der Waals surface area contributed by atoms with Gasteiger partial charge in [0, 0.05) is 35.6 Å². The maximum Gasteiger partial charge on any atom is 0.242 e. The molecule has 0 radical (unpaired) electrons. The molecule has 134 valence electrons. The Labute approximate surface area is 155 Å². The molecule has 0 N–H and O–H groups in total. The SMILES string of the molecule is CCC(=O)N1N=C(C2CC2)CC1c1cc2cc3c(cc2nc1Cl)OCO3. The minimum Gasteiger partial charge on any atom is -0.454 e. The fraction of sp³-hybridized carbons (Fsp3) is 0.421. The van der Waals surface area contributed by atoms with Crippen LogP contribution in [0.2, 0.25) is 5.15 Å². The first-order chi connectivity index (χ1) is 12.6. The van der Waals surface area contributed by atoms with Gasteiger partial charge in [-0.1, -0.05) is 18.5 Å². The summed E-state index contributed by atoms with van der Waals surface area (Å²) in [7, 11) is 0. The van der Waals surface area contributed by atoms with E-state index in [1.807, 2.05) is 25.1 Å². The second-order valence-corrected chi connectivity index (χ2v) is 7.30. The van der Waals surface area contributed by atoms with E-state index in [0.717, 1.165) is 41.4 Å². The van der Waals surface area contributed by atoms with E-state index in [9.17, 15) is 4.79 Å². The summed E-state index contributed by atoms with van der Waals surface area (Å²) in [5, 5.41) is 7.55. The first-order valence-electron chi connectivity index (χ1n) is 8.93. The van der Waals surface area contributed by atoms with E-state index in [1.54, 1.807) is 5.01 Å². The summed E-state index contributed by atoms with van der Waals surface area (Å²) in [5.74, 6) is 1.91. The maximum absolute atomic E-state index is 12.4. The van der Waals surface area contributed by atoms with Crippen LogP contribution >= 0.6 is 11.6 Å². The number of hydrogen-bond acceptors (Lipinski definition) is 5. The van der Waals surface area contributed by atoms with Gasteiger partial charge in [0.2, 0.25) is 12.7 Å². The Bertz CT molecular complexity index is 955. The molecule has 0 spiro atoms. The predicted octanol–water partition coefficient (Wildman–Crippen LogP) is 4.07. The van der Waals surface area contributed by atoms with Gasteiger partial charge in [-0.3, -0.25) is 4.79 Å². The van der Waals surface area contributed by atoms with Crippen molar-refractivity contribution in [2.45, 2.75) is 38.6 Å². The fourth-order valence-corrected chi connectivity index (χ4v) is 3.89. The molecule has 0 saturated heterocycles. The number of hydrazone groups is 1. The highest BCUT2D eigenvalue weighted by atomic mass is 35.5. The summed E-state index contributed by atoms with van der Waals surface area (Å²) < 4.78 is 10.9. The summed E-state index contributed by atoms with van der Waals surface area (Å²) in [4.78, 5) is 17.0. The van der Waals surface area contributed by atoms with Gasteiger partial charge in [0.1, 0.15) is 5.15 Å². The van der Waals surface area contributed by atoms with Crippen LogP contribution in [-0.2, 0) is 4.79 Å². The van der Waals surface area contributed by atoms with E-state index in [-0.39, 0.29) is 18.7 Å². The number of hydrogen-bond donors (Lipinski definition) is 0. The topological polar surface area (TPSA) is 64.0 Å². The molecular weight excluding hydrogens is 354 g/mol. The van der Waals surface area contributed by atoms with Gasteiger partial charge in [0.25, 0.3) is 0 Å². The zero-order chi connectivity index (χ0) is 17.8. The Morgan fingerprint density at radius 3 is 2.77 bits per heavy atom. The lowest BCUT2D eigenvalue weighted by Crippen LogP contribution is -2.26. The van der Waals surface area contributed by atoms with Gasteiger partial charge < -0.3 is 9.47 Å². The van der Waals surface area contributed by atoms with Crippen LogP contribution in [-0.4, -0.2) is 28.4 Å². The van der Waals surface area contributed by atoms with Gasteiger partial charge in [-0.05, 0) is 30.9 Å². The number of aromatic nitrogens is 1. The van der Waals surface area contributed by atoms with Crippen LogP contribution in [0.15, 0.2) is 23.3 Å². The van der Waals surface area contributed by atoms with E-state index in [0.29, 0.717) is 29.0 Å². The van der Waals surface area contributed by atoms with Crippen molar-refractivity contribution in [3.05, 3.63) is 28.9 Å². The molecule has 1 saturated carbocycles. The Morgan fingerprint density at radius 1 is 1.27 bits per heavy atom. The van der Waals surface area contributed by atoms with Gasteiger partial charge in [-0.15, -0.1) is 0 Å². The lowest BCUT2D eigenvalue weighted by atomic mass is 9.99. The third-order valence-electron chi connectivity index (χ3n) is 5.19. The van der Waals surface area contributed by atoms with Crippen molar-refractivity contribution in [3.63, 3.8) is 0 Å². The monoisotopic (exact) mass is 371 g/mol. The molecule has 1 aromatic carbocycles. The van der Waals surface area contributed by atoms with Crippen LogP contribution in [0, 0.1) is 5.92 Å². The highest BCUT2D eigenvalue weighted by molar-refractivity contribution is 6.30. The number of pyridine rings is 1. The average molecular weight is 372 g/mol. The minimum atomic E-state index is -0.187. The van der Waals surface area contributed by atoms with Crippen LogP contribution in [0.25, 0.3) is 10.9 Å². The zero-order valence-electron chi connectivity index (χ0n) is 14.4. The summed E-state index contributed by atoms with van der Waals surface area (Å²) in [5.41, 5.74) is 2.69. The molecule has 6 nitrogen and oxygen atoms in total. The number of carbonyl (C=O) groups is 1. The minimum absolute atomic E-state index is 0.00694. The van der Waals surface area contributed by atoms with E-state index in [4.69, 9.17) is 21.1 Å². The van der Waals surface area contributed by atoms with Crippen molar-refractivity contribution in [1.29, 1.82) is 0 Å². The third-order valence-corrected chi connectivity index (χ3v) is 5.49.